The predicted molar refractivity (Wildman–Crippen MR) is 84.3 cm³/mol. The van der Waals surface area contributed by atoms with Crippen molar-refractivity contribution in [1.29, 1.82) is 0 Å². The molecule has 0 saturated heterocycles. The Kier molecular flexibility index (Phi) is 4.35. The Morgan fingerprint density at radius 2 is 1.68 bits per heavy atom. The van der Waals surface area contributed by atoms with Crippen molar-refractivity contribution in [2.75, 3.05) is 6.54 Å². The van der Waals surface area contributed by atoms with Gasteiger partial charge in [0.15, 0.2) is 0 Å². The smallest absolute Gasteiger partial charge is 0.0134 e. The Hall–Kier alpha value is -0.0400. The molecule has 0 radical (unpaired) electrons. The average molecular weight is 265 g/mol. The molecule has 2 aliphatic carbocycles. The molecule has 0 spiro atoms. The zero-order valence-corrected chi connectivity index (χ0v) is 14.1. The lowest BCUT2D eigenvalue weighted by Gasteiger charge is -2.36. The van der Waals surface area contributed by atoms with Gasteiger partial charge in [-0.05, 0) is 48.0 Å². The van der Waals surface area contributed by atoms with Crippen LogP contribution in [-0.2, 0) is 0 Å². The average Bonchev–Trinajstić information content (AvgIpc) is 2.77. The van der Waals surface area contributed by atoms with Crippen LogP contribution < -0.4 is 5.32 Å². The van der Waals surface area contributed by atoms with E-state index in [1.54, 1.807) is 0 Å². The largest absolute Gasteiger partial charge is 0.314 e. The zero-order chi connectivity index (χ0) is 14.3. The Labute approximate surface area is 120 Å². The van der Waals surface area contributed by atoms with Gasteiger partial charge >= 0.3 is 0 Å². The van der Waals surface area contributed by atoms with E-state index in [0.717, 1.165) is 30.3 Å². The van der Waals surface area contributed by atoms with Gasteiger partial charge in [0.2, 0.25) is 0 Å². The summed E-state index contributed by atoms with van der Waals surface area (Å²) in [5.74, 6) is 2.77. The molecule has 0 aromatic rings. The van der Waals surface area contributed by atoms with E-state index in [1.165, 1.54) is 32.1 Å². The molecule has 19 heavy (non-hydrogen) atoms. The fourth-order valence-electron chi connectivity index (χ4n) is 4.97. The van der Waals surface area contributed by atoms with Crippen LogP contribution in [0.1, 0.15) is 73.6 Å². The van der Waals surface area contributed by atoms with Gasteiger partial charge in [-0.2, -0.15) is 0 Å². The first-order chi connectivity index (χ1) is 8.86. The highest BCUT2D eigenvalue weighted by atomic mass is 15.0. The summed E-state index contributed by atoms with van der Waals surface area (Å²) in [5.41, 5.74) is 1.03. The predicted octanol–water partition coefficient (Wildman–Crippen LogP) is 4.86. The van der Waals surface area contributed by atoms with Crippen molar-refractivity contribution in [2.24, 2.45) is 28.6 Å². The molecule has 0 heterocycles. The van der Waals surface area contributed by atoms with E-state index in [1.807, 2.05) is 0 Å². The second-order valence-corrected chi connectivity index (χ2v) is 8.21. The summed E-state index contributed by atoms with van der Waals surface area (Å²) in [4.78, 5) is 0. The third kappa shape index (κ3) is 2.60. The normalized spacial score (nSPS) is 35.1. The van der Waals surface area contributed by atoms with Gasteiger partial charge in [0, 0.05) is 6.04 Å². The second kappa shape index (κ2) is 5.39. The molecule has 1 nitrogen and oxygen atoms in total. The Balaban J connectivity index is 2.09. The summed E-state index contributed by atoms with van der Waals surface area (Å²) >= 11 is 0. The molecule has 2 saturated carbocycles. The summed E-state index contributed by atoms with van der Waals surface area (Å²) in [7, 11) is 0. The monoisotopic (exact) mass is 265 g/mol. The molecule has 2 aliphatic rings. The quantitative estimate of drug-likeness (QED) is 0.748. The highest BCUT2D eigenvalue weighted by Gasteiger charge is 2.67. The van der Waals surface area contributed by atoms with Crippen molar-refractivity contribution in [3.8, 4) is 0 Å². The highest BCUT2D eigenvalue weighted by molar-refractivity contribution is 5.17. The topological polar surface area (TPSA) is 12.0 Å². The minimum atomic E-state index is 0.513. The Morgan fingerprint density at radius 3 is 2.16 bits per heavy atom. The molecule has 0 aliphatic heterocycles. The van der Waals surface area contributed by atoms with Gasteiger partial charge in [-0.25, -0.2) is 0 Å². The number of rotatable bonds is 5. The van der Waals surface area contributed by atoms with Crippen molar-refractivity contribution < 1.29 is 0 Å². The van der Waals surface area contributed by atoms with E-state index in [9.17, 15) is 0 Å². The van der Waals surface area contributed by atoms with Crippen LogP contribution in [0, 0.1) is 28.6 Å². The molecular formula is C18H35N. The third-order valence-electron chi connectivity index (χ3n) is 6.84. The first-order valence-corrected chi connectivity index (χ1v) is 8.59. The molecule has 2 fully saturated rings. The lowest BCUT2D eigenvalue weighted by Crippen LogP contribution is -2.42. The highest BCUT2D eigenvalue weighted by Crippen LogP contribution is 2.70. The van der Waals surface area contributed by atoms with E-state index in [-0.39, 0.29) is 0 Å². The van der Waals surface area contributed by atoms with Crippen molar-refractivity contribution in [1.82, 2.24) is 5.32 Å². The van der Waals surface area contributed by atoms with Crippen molar-refractivity contribution >= 4 is 0 Å². The molecule has 3 unspecified atom stereocenters. The summed E-state index contributed by atoms with van der Waals surface area (Å²) in [6.45, 7) is 15.7. The summed E-state index contributed by atoms with van der Waals surface area (Å²) in [5, 5.41) is 3.87. The van der Waals surface area contributed by atoms with Crippen molar-refractivity contribution in [3.63, 3.8) is 0 Å². The number of hydrogen-bond acceptors (Lipinski definition) is 1. The zero-order valence-electron chi connectivity index (χ0n) is 14.1. The minimum absolute atomic E-state index is 0.513. The van der Waals surface area contributed by atoms with E-state index in [4.69, 9.17) is 0 Å². The van der Waals surface area contributed by atoms with E-state index < -0.39 is 0 Å². The minimum Gasteiger partial charge on any atom is -0.314 e. The standard InChI is InChI=1S/C18H35N/c1-7-13-10-9-11-14(12-13)15(19-8-2)16-17(3,4)18(16,5)6/h13-16,19H,7-12H2,1-6H3. The first-order valence-electron chi connectivity index (χ1n) is 8.59. The van der Waals surface area contributed by atoms with Gasteiger partial charge < -0.3 is 5.32 Å². The summed E-state index contributed by atoms with van der Waals surface area (Å²) in [6.07, 6.45) is 7.24. The van der Waals surface area contributed by atoms with E-state index >= 15 is 0 Å². The van der Waals surface area contributed by atoms with Crippen LogP contribution in [0.25, 0.3) is 0 Å². The lowest BCUT2D eigenvalue weighted by molar-refractivity contribution is 0.182. The molecule has 0 amide bonds. The summed E-state index contributed by atoms with van der Waals surface area (Å²) < 4.78 is 0. The van der Waals surface area contributed by atoms with Gasteiger partial charge in [0.1, 0.15) is 0 Å². The molecule has 1 N–H and O–H groups in total. The maximum Gasteiger partial charge on any atom is 0.0134 e. The van der Waals surface area contributed by atoms with Crippen LogP contribution in [0.4, 0.5) is 0 Å². The van der Waals surface area contributed by atoms with Crippen LogP contribution in [-0.4, -0.2) is 12.6 Å². The lowest BCUT2D eigenvalue weighted by atomic mass is 9.74. The fraction of sp³-hybridized carbons (Fsp3) is 1.00. The first kappa shape index (κ1) is 15.4. The van der Waals surface area contributed by atoms with Gasteiger partial charge in [-0.3, -0.25) is 0 Å². The fourth-order valence-corrected chi connectivity index (χ4v) is 4.97. The SMILES string of the molecule is CCNC(C1CCCC(CC)C1)C1C(C)(C)C1(C)C. The van der Waals surface area contributed by atoms with Crippen LogP contribution in [0.5, 0.6) is 0 Å². The molecule has 2 rings (SSSR count). The maximum absolute atomic E-state index is 3.87. The van der Waals surface area contributed by atoms with Gasteiger partial charge in [-0.1, -0.05) is 60.8 Å². The Morgan fingerprint density at radius 1 is 1.05 bits per heavy atom. The van der Waals surface area contributed by atoms with Gasteiger partial charge in [-0.15, -0.1) is 0 Å². The van der Waals surface area contributed by atoms with Crippen LogP contribution >= 0.6 is 0 Å². The Bertz CT molecular complexity index is 291. The second-order valence-electron chi connectivity index (χ2n) is 8.21. The molecular weight excluding hydrogens is 230 g/mol. The van der Waals surface area contributed by atoms with Gasteiger partial charge in [0.25, 0.3) is 0 Å². The van der Waals surface area contributed by atoms with Crippen LogP contribution in [0.15, 0.2) is 0 Å². The van der Waals surface area contributed by atoms with Crippen molar-refractivity contribution in [2.45, 2.75) is 79.7 Å². The van der Waals surface area contributed by atoms with E-state index in [0.29, 0.717) is 10.8 Å². The molecule has 1 heteroatoms. The molecule has 3 atom stereocenters. The number of nitrogens with one attached hydrogen (secondary N) is 1. The maximum atomic E-state index is 3.87. The molecule has 0 aromatic heterocycles. The number of hydrogen-bond donors (Lipinski definition) is 1. The summed E-state index contributed by atoms with van der Waals surface area (Å²) in [6, 6.07) is 0.754. The van der Waals surface area contributed by atoms with Crippen molar-refractivity contribution in [3.05, 3.63) is 0 Å². The molecule has 0 bridgehead atoms. The third-order valence-corrected chi connectivity index (χ3v) is 6.84. The molecule has 0 aromatic carbocycles. The van der Waals surface area contributed by atoms with E-state index in [2.05, 4.69) is 46.9 Å². The van der Waals surface area contributed by atoms with Crippen LogP contribution in [0.2, 0.25) is 0 Å². The molecule has 112 valence electrons. The van der Waals surface area contributed by atoms with Crippen LogP contribution in [0.3, 0.4) is 0 Å². The van der Waals surface area contributed by atoms with Gasteiger partial charge in [0.05, 0.1) is 0 Å².